The van der Waals surface area contributed by atoms with Gasteiger partial charge in [-0.3, -0.25) is 4.79 Å². The van der Waals surface area contributed by atoms with E-state index >= 15 is 0 Å². The monoisotopic (exact) mass is 499 g/mol. The van der Waals surface area contributed by atoms with Crippen molar-refractivity contribution in [3.63, 3.8) is 0 Å². The largest absolute Gasteiger partial charge is 0.454 e. The van der Waals surface area contributed by atoms with Crippen LogP contribution in [0.2, 0.25) is 4.34 Å². The number of thiophene rings is 1. The van der Waals surface area contributed by atoms with E-state index in [0.717, 1.165) is 21.6 Å². The Labute approximate surface area is 191 Å². The van der Waals surface area contributed by atoms with Crippen molar-refractivity contribution in [1.82, 2.24) is 8.87 Å². The van der Waals surface area contributed by atoms with E-state index in [9.17, 15) is 13.2 Å². The minimum absolute atomic E-state index is 0.116. The average molecular weight is 500 g/mol. The van der Waals surface area contributed by atoms with Crippen LogP contribution in [0.1, 0.15) is 12.8 Å². The fourth-order valence-corrected chi connectivity index (χ4v) is 7.93. The van der Waals surface area contributed by atoms with Crippen LogP contribution < -0.4 is 14.3 Å². The van der Waals surface area contributed by atoms with Crippen molar-refractivity contribution in [1.29, 1.82) is 0 Å². The van der Waals surface area contributed by atoms with Gasteiger partial charge in [0.2, 0.25) is 6.79 Å². The van der Waals surface area contributed by atoms with Crippen LogP contribution in [0.4, 0.5) is 0 Å². The molecular formula is C19H18ClN3O5S3. The number of carbonyl (C=O) groups is 1. The molecule has 0 aliphatic carbocycles. The number of hydrogen-bond donors (Lipinski definition) is 0. The van der Waals surface area contributed by atoms with Crippen molar-refractivity contribution < 1.29 is 22.7 Å². The van der Waals surface area contributed by atoms with Crippen molar-refractivity contribution >= 4 is 60.4 Å². The third-order valence-corrected chi connectivity index (χ3v) is 10.0. The Balaban J connectivity index is 1.41. The molecule has 5 rings (SSSR count). The fourth-order valence-electron chi connectivity index (χ4n) is 3.74. The molecule has 2 aliphatic rings. The number of rotatable bonds is 3. The Kier molecular flexibility index (Phi) is 5.33. The normalized spacial score (nSPS) is 19.9. The highest BCUT2D eigenvalue weighted by Gasteiger charge is 2.34. The van der Waals surface area contributed by atoms with Gasteiger partial charge in [-0.1, -0.05) is 22.9 Å². The van der Waals surface area contributed by atoms with Crippen LogP contribution in [0.15, 0.2) is 33.5 Å². The van der Waals surface area contributed by atoms with E-state index in [4.69, 9.17) is 21.1 Å². The average Bonchev–Trinajstić information content (AvgIpc) is 3.46. The Morgan fingerprint density at radius 3 is 2.74 bits per heavy atom. The van der Waals surface area contributed by atoms with Crippen molar-refractivity contribution in [3.8, 4) is 11.5 Å². The maximum absolute atomic E-state index is 12.9. The lowest BCUT2D eigenvalue weighted by atomic mass is 9.99. The Morgan fingerprint density at radius 1 is 1.23 bits per heavy atom. The van der Waals surface area contributed by atoms with E-state index in [1.807, 2.05) is 23.7 Å². The van der Waals surface area contributed by atoms with Crippen molar-refractivity contribution in [2.45, 2.75) is 17.1 Å². The second-order valence-electron chi connectivity index (χ2n) is 7.33. The maximum Gasteiger partial charge on any atom is 0.252 e. The molecule has 2 aliphatic heterocycles. The highest BCUT2D eigenvalue weighted by Crippen LogP contribution is 2.37. The van der Waals surface area contributed by atoms with Crippen LogP contribution in [0.3, 0.4) is 0 Å². The van der Waals surface area contributed by atoms with Gasteiger partial charge in [-0.2, -0.15) is 9.30 Å². The number of halogens is 1. The number of aryl methyl sites for hydroxylation is 1. The van der Waals surface area contributed by atoms with E-state index in [1.54, 1.807) is 6.07 Å². The van der Waals surface area contributed by atoms with Crippen LogP contribution >= 0.6 is 34.3 Å². The summed E-state index contributed by atoms with van der Waals surface area (Å²) in [5, 5.41) is 0. The molecule has 0 N–H and O–H groups in total. The second-order valence-corrected chi connectivity index (χ2v) is 12.2. The number of benzene rings is 1. The fraction of sp³-hybridized carbons (Fsp3) is 0.368. The molecule has 3 aromatic rings. The summed E-state index contributed by atoms with van der Waals surface area (Å²) in [6, 6.07) is 6.82. The number of nitrogens with zero attached hydrogens (tertiary/aromatic N) is 3. The van der Waals surface area contributed by atoms with Crippen molar-refractivity contribution in [2.75, 3.05) is 19.9 Å². The first-order valence-corrected chi connectivity index (χ1v) is 13.0. The summed E-state index contributed by atoms with van der Waals surface area (Å²) in [6.45, 7) is 0.694. The number of piperidine rings is 1. The first-order valence-electron chi connectivity index (χ1n) is 9.56. The van der Waals surface area contributed by atoms with Gasteiger partial charge in [-0.25, -0.2) is 8.42 Å². The molecule has 0 saturated carbocycles. The molecule has 2 aromatic heterocycles. The third-order valence-electron chi connectivity index (χ3n) is 5.39. The summed E-state index contributed by atoms with van der Waals surface area (Å²) < 4.78 is 41.4. The lowest BCUT2D eigenvalue weighted by Gasteiger charge is -2.29. The van der Waals surface area contributed by atoms with Gasteiger partial charge >= 0.3 is 0 Å². The number of hydrogen-bond acceptors (Lipinski definition) is 7. The Bertz CT molecular complexity index is 1360. The summed E-state index contributed by atoms with van der Waals surface area (Å²) in [6.07, 6.45) is 1.20. The highest BCUT2D eigenvalue weighted by atomic mass is 35.5. The SMILES string of the molecule is Cn1c(=NC(=O)C2CCCN(S(=O)(=O)c3ccc(Cl)s3)C2)sc2cc3c(cc21)OCO3. The standard InChI is InChI=1S/C19H18ClN3O5S3/c1-22-12-7-13-14(28-10-27-13)8-15(12)29-19(22)21-18(24)11-3-2-6-23(9-11)31(25,26)17-5-4-16(20)30-17/h4-5,7-8,11H,2-3,6,9-10H2,1H3. The lowest BCUT2D eigenvalue weighted by molar-refractivity contribution is -0.122. The smallest absolute Gasteiger partial charge is 0.252 e. The minimum atomic E-state index is -3.67. The van der Waals surface area contributed by atoms with Crippen LogP contribution in [0.25, 0.3) is 10.2 Å². The predicted octanol–water partition coefficient (Wildman–Crippen LogP) is 3.21. The second kappa shape index (κ2) is 7.89. The Hall–Kier alpha value is -1.92. The number of thiazole rings is 1. The molecule has 0 bridgehead atoms. The van der Waals surface area contributed by atoms with Gasteiger partial charge in [-0.05, 0) is 25.0 Å². The summed E-state index contributed by atoms with van der Waals surface area (Å²) in [7, 11) is -1.83. The van der Waals surface area contributed by atoms with E-state index < -0.39 is 15.9 Å². The van der Waals surface area contributed by atoms with Crippen molar-refractivity contribution in [2.24, 2.45) is 18.0 Å². The molecule has 1 fully saturated rings. The number of fused-ring (bicyclic) bond motifs is 2. The molecular weight excluding hydrogens is 482 g/mol. The quantitative estimate of drug-likeness (QED) is 0.552. The van der Waals surface area contributed by atoms with Gasteiger partial charge in [-0.15, -0.1) is 11.3 Å². The number of sulfonamides is 1. The third kappa shape index (κ3) is 3.78. The number of carbonyl (C=O) groups excluding carboxylic acids is 1. The molecule has 0 spiro atoms. The zero-order chi connectivity index (χ0) is 21.8. The van der Waals surface area contributed by atoms with E-state index in [0.29, 0.717) is 40.0 Å². The molecule has 12 heteroatoms. The molecule has 1 amide bonds. The summed E-state index contributed by atoms with van der Waals surface area (Å²) >= 11 is 8.31. The highest BCUT2D eigenvalue weighted by molar-refractivity contribution is 7.91. The summed E-state index contributed by atoms with van der Waals surface area (Å²) in [5.74, 6) is 0.543. The first kappa shape index (κ1) is 21.0. The molecule has 31 heavy (non-hydrogen) atoms. The Morgan fingerprint density at radius 2 is 2.00 bits per heavy atom. The zero-order valence-electron chi connectivity index (χ0n) is 16.4. The molecule has 164 valence electrons. The molecule has 0 radical (unpaired) electrons. The molecule has 1 aromatic carbocycles. The molecule has 1 saturated heterocycles. The van der Waals surface area contributed by atoms with E-state index in [1.165, 1.54) is 21.7 Å². The zero-order valence-corrected chi connectivity index (χ0v) is 19.6. The van der Waals surface area contributed by atoms with Crippen molar-refractivity contribution in [3.05, 3.63) is 33.4 Å². The summed E-state index contributed by atoms with van der Waals surface area (Å²) in [5.41, 5.74) is 0.892. The van der Waals surface area contributed by atoms with Crippen LogP contribution in [-0.2, 0) is 21.9 Å². The molecule has 1 unspecified atom stereocenters. The number of ether oxygens (including phenoxy) is 2. The van der Waals surface area contributed by atoms with Gasteiger partial charge in [0.1, 0.15) is 4.21 Å². The van der Waals surface area contributed by atoms with E-state index in [2.05, 4.69) is 4.99 Å². The predicted molar refractivity (Wildman–Crippen MR) is 118 cm³/mol. The lowest BCUT2D eigenvalue weighted by Crippen LogP contribution is -2.42. The van der Waals surface area contributed by atoms with Crippen LogP contribution in [-0.4, -0.2) is 43.1 Å². The molecule has 1 atom stereocenters. The first-order chi connectivity index (χ1) is 14.8. The molecule has 8 nitrogen and oxygen atoms in total. The summed E-state index contributed by atoms with van der Waals surface area (Å²) in [4.78, 5) is 17.8. The molecule has 4 heterocycles. The topological polar surface area (TPSA) is 90.2 Å². The number of aromatic nitrogens is 1. The van der Waals surface area contributed by atoms with Crippen LogP contribution in [0.5, 0.6) is 11.5 Å². The van der Waals surface area contributed by atoms with Gasteiger partial charge in [0.25, 0.3) is 15.9 Å². The van der Waals surface area contributed by atoms with Gasteiger partial charge in [0.15, 0.2) is 16.3 Å². The van der Waals surface area contributed by atoms with Gasteiger partial charge in [0, 0.05) is 32.3 Å². The maximum atomic E-state index is 12.9. The minimum Gasteiger partial charge on any atom is -0.454 e. The van der Waals surface area contributed by atoms with E-state index in [-0.39, 0.29) is 23.5 Å². The number of amides is 1. The van der Waals surface area contributed by atoms with Gasteiger partial charge < -0.3 is 14.0 Å². The van der Waals surface area contributed by atoms with Gasteiger partial charge in [0.05, 0.1) is 20.5 Å². The van der Waals surface area contributed by atoms with Crippen LogP contribution in [0, 0.1) is 5.92 Å².